The van der Waals surface area contributed by atoms with Gasteiger partial charge in [0.2, 0.25) is 0 Å². The molecule has 1 saturated carbocycles. The Hall–Kier alpha value is -1.18. The SMILES string of the molecule is CC1CC[C@@H]2[C@@H](C1)c1c(O)cc(CCCC[13CH3])cc1OC2(C)C. The number of benzene rings is 1. The highest BCUT2D eigenvalue weighted by Gasteiger charge is 2.47. The highest BCUT2D eigenvalue weighted by atomic mass is 16.5. The summed E-state index contributed by atoms with van der Waals surface area (Å²) in [6, 6.07) is 4.19. The lowest BCUT2D eigenvalue weighted by atomic mass is 9.64. The Morgan fingerprint density at radius 1 is 1.22 bits per heavy atom. The van der Waals surface area contributed by atoms with Crippen molar-refractivity contribution >= 4 is 0 Å². The van der Waals surface area contributed by atoms with Gasteiger partial charge in [-0.2, -0.15) is 0 Å². The van der Waals surface area contributed by atoms with Crippen molar-refractivity contribution in [2.45, 2.75) is 84.2 Å². The molecule has 0 spiro atoms. The van der Waals surface area contributed by atoms with Gasteiger partial charge in [0, 0.05) is 11.5 Å². The summed E-state index contributed by atoms with van der Waals surface area (Å²) in [6.07, 6.45) is 8.33. The van der Waals surface area contributed by atoms with Crippen LogP contribution in [-0.2, 0) is 6.42 Å². The van der Waals surface area contributed by atoms with E-state index in [1.54, 1.807) is 0 Å². The van der Waals surface area contributed by atoms with Crippen LogP contribution in [-0.4, -0.2) is 10.7 Å². The van der Waals surface area contributed by atoms with Crippen molar-refractivity contribution in [1.29, 1.82) is 0 Å². The predicted molar refractivity (Wildman–Crippen MR) is 95.3 cm³/mol. The predicted octanol–water partition coefficient (Wildman–Crippen LogP) is 5.82. The molecule has 1 heterocycles. The van der Waals surface area contributed by atoms with Crippen molar-refractivity contribution in [3.05, 3.63) is 23.3 Å². The van der Waals surface area contributed by atoms with Gasteiger partial charge in [-0.15, -0.1) is 0 Å². The van der Waals surface area contributed by atoms with Gasteiger partial charge in [-0.1, -0.05) is 33.1 Å². The smallest absolute Gasteiger partial charge is 0.127 e. The Balaban J connectivity index is 1.94. The number of fused-ring (bicyclic) bond motifs is 3. The Morgan fingerprint density at radius 3 is 2.74 bits per heavy atom. The van der Waals surface area contributed by atoms with Crippen LogP contribution in [0.25, 0.3) is 0 Å². The second-order valence-corrected chi connectivity index (χ2v) is 8.32. The molecule has 1 aromatic rings. The fourth-order valence-electron chi connectivity index (χ4n) is 4.74. The molecular formula is C21H32O2. The molecule has 23 heavy (non-hydrogen) atoms. The maximum absolute atomic E-state index is 10.7. The molecule has 2 nitrogen and oxygen atoms in total. The van der Waals surface area contributed by atoms with Crippen molar-refractivity contribution in [1.82, 2.24) is 0 Å². The average molecular weight is 317 g/mol. The van der Waals surface area contributed by atoms with Crippen molar-refractivity contribution < 1.29 is 9.84 Å². The number of aryl methyl sites for hydroxylation is 1. The van der Waals surface area contributed by atoms with Crippen molar-refractivity contribution in [2.24, 2.45) is 11.8 Å². The number of hydrogen-bond donors (Lipinski definition) is 1. The molecular weight excluding hydrogens is 285 g/mol. The second kappa shape index (κ2) is 6.37. The average Bonchev–Trinajstić information content (AvgIpc) is 2.46. The van der Waals surface area contributed by atoms with Gasteiger partial charge in [0.1, 0.15) is 17.1 Å². The number of unbranched alkanes of at least 4 members (excludes halogenated alkanes) is 2. The van der Waals surface area contributed by atoms with Gasteiger partial charge in [0.15, 0.2) is 0 Å². The van der Waals surface area contributed by atoms with Gasteiger partial charge in [0.05, 0.1) is 0 Å². The zero-order chi connectivity index (χ0) is 16.6. The summed E-state index contributed by atoms with van der Waals surface area (Å²) in [5, 5.41) is 10.7. The molecule has 1 aliphatic heterocycles. The molecule has 0 saturated heterocycles. The number of hydrogen-bond acceptors (Lipinski definition) is 2. The third-order valence-electron chi connectivity index (χ3n) is 6.00. The van der Waals surface area contributed by atoms with E-state index >= 15 is 0 Å². The van der Waals surface area contributed by atoms with E-state index in [1.807, 2.05) is 6.07 Å². The fourth-order valence-corrected chi connectivity index (χ4v) is 4.74. The molecule has 1 aliphatic carbocycles. The minimum Gasteiger partial charge on any atom is -0.508 e. The van der Waals surface area contributed by atoms with Gasteiger partial charge in [0.25, 0.3) is 0 Å². The van der Waals surface area contributed by atoms with Gasteiger partial charge < -0.3 is 9.84 Å². The van der Waals surface area contributed by atoms with E-state index in [9.17, 15) is 5.11 Å². The maximum atomic E-state index is 10.7. The van der Waals surface area contributed by atoms with Crippen molar-refractivity contribution in [3.8, 4) is 11.5 Å². The molecule has 1 aromatic carbocycles. The normalized spacial score (nSPS) is 28.6. The Kier molecular flexibility index (Phi) is 4.62. The fraction of sp³-hybridized carbons (Fsp3) is 0.714. The minimum atomic E-state index is -0.133. The molecule has 3 atom stereocenters. The van der Waals surface area contributed by atoms with Crippen LogP contribution in [0.4, 0.5) is 0 Å². The van der Waals surface area contributed by atoms with Crippen molar-refractivity contribution in [2.75, 3.05) is 0 Å². The monoisotopic (exact) mass is 317 g/mol. The molecule has 0 bridgehead atoms. The van der Waals surface area contributed by atoms with Gasteiger partial charge in [-0.05, 0) is 69.1 Å². The number of aromatic hydroxyl groups is 1. The summed E-state index contributed by atoms with van der Waals surface area (Å²) in [5.74, 6) is 3.11. The standard InChI is InChI=1S/C21H32O2/c1-5-6-7-8-15-12-18(22)20-16-11-14(2)9-10-17(16)21(3,4)23-19(20)13-15/h12-14,16-17,22H,5-11H2,1-4H3/t14?,16-,17-/m1/s1/i1+1. The van der Waals surface area contributed by atoms with Crippen LogP contribution in [0.5, 0.6) is 11.5 Å². The minimum absolute atomic E-state index is 0.133. The molecule has 1 N–H and O–H groups in total. The zero-order valence-corrected chi connectivity index (χ0v) is 15.2. The molecule has 1 fully saturated rings. The van der Waals surface area contributed by atoms with Crippen LogP contribution in [0.2, 0.25) is 0 Å². The van der Waals surface area contributed by atoms with Crippen molar-refractivity contribution in [3.63, 3.8) is 0 Å². The van der Waals surface area contributed by atoms with E-state index in [0.717, 1.165) is 23.7 Å². The Labute approximate surface area is 141 Å². The van der Waals surface area contributed by atoms with E-state index in [4.69, 9.17) is 4.74 Å². The summed E-state index contributed by atoms with van der Waals surface area (Å²) in [4.78, 5) is 0. The quantitative estimate of drug-likeness (QED) is 0.560. The van der Waals surface area contributed by atoms with Gasteiger partial charge in [-0.25, -0.2) is 0 Å². The molecule has 128 valence electrons. The van der Waals surface area contributed by atoms with Gasteiger partial charge >= 0.3 is 0 Å². The number of ether oxygens (including phenoxy) is 1. The topological polar surface area (TPSA) is 29.5 Å². The lowest BCUT2D eigenvalue weighted by Gasteiger charge is -2.48. The zero-order valence-electron chi connectivity index (χ0n) is 15.2. The number of rotatable bonds is 4. The number of phenols is 1. The Bertz CT molecular complexity index is 561. The summed E-state index contributed by atoms with van der Waals surface area (Å²) in [5.41, 5.74) is 2.17. The van der Waals surface area contributed by atoms with Crippen LogP contribution >= 0.6 is 0 Å². The molecule has 2 aliphatic rings. The van der Waals surface area contributed by atoms with E-state index in [2.05, 4.69) is 33.8 Å². The van der Waals surface area contributed by atoms with E-state index in [0.29, 0.717) is 17.6 Å². The van der Waals surface area contributed by atoms with Crippen LogP contribution < -0.4 is 4.74 Å². The first-order valence-electron chi connectivity index (χ1n) is 9.47. The first-order chi connectivity index (χ1) is 10.9. The van der Waals surface area contributed by atoms with E-state index < -0.39 is 0 Å². The third kappa shape index (κ3) is 3.22. The first-order valence-corrected chi connectivity index (χ1v) is 9.47. The lowest BCUT2D eigenvalue weighted by molar-refractivity contribution is -0.0145. The Morgan fingerprint density at radius 2 is 2.00 bits per heavy atom. The number of phenolic OH excluding ortho intramolecular Hbond substituents is 1. The molecule has 1 unspecified atom stereocenters. The third-order valence-corrected chi connectivity index (χ3v) is 6.00. The first kappa shape index (κ1) is 16.7. The maximum Gasteiger partial charge on any atom is 0.127 e. The summed E-state index contributed by atoms with van der Waals surface area (Å²) in [7, 11) is 0. The lowest BCUT2D eigenvalue weighted by Crippen LogP contribution is -2.46. The van der Waals surface area contributed by atoms with Crippen LogP contribution in [0.15, 0.2) is 12.1 Å². The van der Waals surface area contributed by atoms with Crippen LogP contribution in [0.1, 0.15) is 83.3 Å². The largest absolute Gasteiger partial charge is 0.508 e. The van der Waals surface area contributed by atoms with Gasteiger partial charge in [-0.3, -0.25) is 0 Å². The molecule has 0 aromatic heterocycles. The summed E-state index contributed by atoms with van der Waals surface area (Å²) >= 11 is 0. The van der Waals surface area contributed by atoms with E-state index in [-0.39, 0.29) is 5.60 Å². The van der Waals surface area contributed by atoms with E-state index in [1.165, 1.54) is 44.1 Å². The highest BCUT2D eigenvalue weighted by Crippen LogP contribution is 2.55. The summed E-state index contributed by atoms with van der Waals surface area (Å²) in [6.45, 7) is 9.02. The summed E-state index contributed by atoms with van der Waals surface area (Å²) < 4.78 is 6.39. The molecule has 3 rings (SSSR count). The second-order valence-electron chi connectivity index (χ2n) is 8.32. The molecule has 0 radical (unpaired) electrons. The highest BCUT2D eigenvalue weighted by molar-refractivity contribution is 5.52. The molecule has 2 heteroatoms. The molecule has 0 amide bonds. The van der Waals surface area contributed by atoms with Crippen LogP contribution in [0.3, 0.4) is 0 Å². The van der Waals surface area contributed by atoms with Crippen LogP contribution in [0, 0.1) is 11.8 Å².